The van der Waals surface area contributed by atoms with Crippen molar-refractivity contribution in [2.45, 2.75) is 39.5 Å². The number of benzene rings is 1. The zero-order valence-corrected chi connectivity index (χ0v) is 13.7. The van der Waals surface area contributed by atoms with E-state index < -0.39 is 0 Å². The molecule has 0 spiro atoms. The molecule has 124 valence electrons. The Morgan fingerprint density at radius 1 is 1.22 bits per heavy atom. The highest BCUT2D eigenvalue weighted by atomic mass is 16.5. The SMILES string of the molecule is CCCCCNC(=O)COc1ccc2c(CC)cc(=O)oc2c1. The fourth-order valence-electron chi connectivity index (χ4n) is 2.40. The molecule has 0 atom stereocenters. The third kappa shape index (κ3) is 4.84. The van der Waals surface area contributed by atoms with Crippen molar-refractivity contribution >= 4 is 16.9 Å². The molecule has 1 heterocycles. The predicted octanol–water partition coefficient (Wildman–Crippen LogP) is 3.04. The molecule has 5 heteroatoms. The molecule has 0 radical (unpaired) electrons. The van der Waals surface area contributed by atoms with Gasteiger partial charge in [0.15, 0.2) is 6.61 Å². The van der Waals surface area contributed by atoms with E-state index in [-0.39, 0.29) is 18.1 Å². The van der Waals surface area contributed by atoms with Gasteiger partial charge in [-0.25, -0.2) is 4.79 Å². The molecule has 23 heavy (non-hydrogen) atoms. The number of amides is 1. The van der Waals surface area contributed by atoms with Gasteiger partial charge >= 0.3 is 5.63 Å². The lowest BCUT2D eigenvalue weighted by atomic mass is 10.1. The normalized spacial score (nSPS) is 10.7. The van der Waals surface area contributed by atoms with Crippen LogP contribution in [0.4, 0.5) is 0 Å². The second-order valence-electron chi connectivity index (χ2n) is 5.45. The molecule has 1 aromatic heterocycles. The molecule has 0 unspecified atom stereocenters. The Morgan fingerprint density at radius 2 is 2.04 bits per heavy atom. The number of aryl methyl sites for hydroxylation is 1. The molecule has 5 nitrogen and oxygen atoms in total. The molecule has 1 aromatic carbocycles. The van der Waals surface area contributed by atoms with Crippen LogP contribution in [0.5, 0.6) is 5.75 Å². The highest BCUT2D eigenvalue weighted by Gasteiger charge is 2.07. The Kier molecular flexibility index (Phi) is 6.20. The summed E-state index contributed by atoms with van der Waals surface area (Å²) in [7, 11) is 0. The van der Waals surface area contributed by atoms with E-state index in [0.717, 1.165) is 36.6 Å². The lowest BCUT2D eigenvalue weighted by molar-refractivity contribution is -0.123. The smallest absolute Gasteiger partial charge is 0.336 e. The third-order valence-corrected chi connectivity index (χ3v) is 3.65. The van der Waals surface area contributed by atoms with Crippen molar-refractivity contribution in [3.05, 3.63) is 40.2 Å². The van der Waals surface area contributed by atoms with Crippen LogP contribution in [0.1, 0.15) is 38.7 Å². The summed E-state index contributed by atoms with van der Waals surface area (Å²) in [5.41, 5.74) is 1.05. The maximum Gasteiger partial charge on any atom is 0.336 e. The van der Waals surface area contributed by atoms with Gasteiger partial charge in [0, 0.05) is 24.1 Å². The number of unbranched alkanes of at least 4 members (excludes halogenated alkanes) is 2. The molecule has 0 fully saturated rings. The second kappa shape index (κ2) is 8.36. The van der Waals surface area contributed by atoms with E-state index >= 15 is 0 Å². The van der Waals surface area contributed by atoms with Gasteiger partial charge in [-0.05, 0) is 30.5 Å². The van der Waals surface area contributed by atoms with Gasteiger partial charge in [0.25, 0.3) is 5.91 Å². The molecule has 0 aliphatic heterocycles. The molecular formula is C18H23NO4. The molecule has 0 bridgehead atoms. The maximum atomic E-state index is 11.7. The summed E-state index contributed by atoms with van der Waals surface area (Å²) in [6.45, 7) is 4.73. The van der Waals surface area contributed by atoms with E-state index in [1.807, 2.05) is 13.0 Å². The molecular weight excluding hydrogens is 294 g/mol. The number of fused-ring (bicyclic) bond motifs is 1. The third-order valence-electron chi connectivity index (χ3n) is 3.65. The number of carbonyl (C=O) groups excluding carboxylic acids is 1. The summed E-state index contributed by atoms with van der Waals surface area (Å²) in [5, 5.41) is 3.71. The summed E-state index contributed by atoms with van der Waals surface area (Å²) in [4.78, 5) is 23.2. The van der Waals surface area contributed by atoms with Crippen LogP contribution in [0, 0.1) is 0 Å². The zero-order valence-electron chi connectivity index (χ0n) is 13.7. The molecule has 0 saturated carbocycles. The predicted molar refractivity (Wildman–Crippen MR) is 89.9 cm³/mol. The van der Waals surface area contributed by atoms with Gasteiger partial charge in [-0.2, -0.15) is 0 Å². The average molecular weight is 317 g/mol. The van der Waals surface area contributed by atoms with Crippen molar-refractivity contribution in [2.24, 2.45) is 0 Å². The quantitative estimate of drug-likeness (QED) is 0.600. The van der Waals surface area contributed by atoms with Gasteiger partial charge < -0.3 is 14.5 Å². The first-order valence-electron chi connectivity index (χ1n) is 8.10. The minimum absolute atomic E-state index is 0.0463. The number of hydrogen-bond donors (Lipinski definition) is 1. The lowest BCUT2D eigenvalue weighted by Crippen LogP contribution is -2.29. The highest BCUT2D eigenvalue weighted by molar-refractivity contribution is 5.82. The van der Waals surface area contributed by atoms with Crippen LogP contribution in [0.25, 0.3) is 11.0 Å². The Hall–Kier alpha value is -2.30. The van der Waals surface area contributed by atoms with Crippen molar-refractivity contribution in [2.75, 3.05) is 13.2 Å². The summed E-state index contributed by atoms with van der Waals surface area (Å²) in [5.74, 6) is 0.363. The van der Waals surface area contributed by atoms with Gasteiger partial charge in [0.05, 0.1) is 0 Å². The summed E-state index contributed by atoms with van der Waals surface area (Å²) in [6.07, 6.45) is 3.95. The largest absolute Gasteiger partial charge is 0.484 e. The molecule has 0 saturated heterocycles. The lowest BCUT2D eigenvalue weighted by Gasteiger charge is -2.09. The van der Waals surface area contributed by atoms with Gasteiger partial charge in [0.2, 0.25) is 0 Å². The minimum Gasteiger partial charge on any atom is -0.484 e. The summed E-state index contributed by atoms with van der Waals surface area (Å²) >= 11 is 0. The van der Waals surface area contributed by atoms with Crippen molar-refractivity contribution in [3.63, 3.8) is 0 Å². The Bertz CT molecular complexity index is 721. The topological polar surface area (TPSA) is 68.5 Å². The Labute approximate surface area is 135 Å². The van der Waals surface area contributed by atoms with E-state index in [1.165, 1.54) is 6.07 Å². The zero-order chi connectivity index (χ0) is 16.7. The van der Waals surface area contributed by atoms with Crippen molar-refractivity contribution in [3.8, 4) is 5.75 Å². The summed E-state index contributed by atoms with van der Waals surface area (Å²) < 4.78 is 10.7. The van der Waals surface area contributed by atoms with E-state index in [1.54, 1.807) is 12.1 Å². The second-order valence-corrected chi connectivity index (χ2v) is 5.45. The number of carbonyl (C=O) groups is 1. The first-order chi connectivity index (χ1) is 11.1. The first-order valence-corrected chi connectivity index (χ1v) is 8.10. The number of rotatable bonds is 8. The van der Waals surface area contributed by atoms with Crippen LogP contribution < -0.4 is 15.7 Å². The van der Waals surface area contributed by atoms with Gasteiger partial charge in [-0.15, -0.1) is 0 Å². The van der Waals surface area contributed by atoms with Crippen molar-refractivity contribution < 1.29 is 13.9 Å². The molecule has 2 aromatic rings. The van der Waals surface area contributed by atoms with E-state index in [4.69, 9.17) is 9.15 Å². The first kappa shape index (κ1) is 17.1. The van der Waals surface area contributed by atoms with E-state index in [2.05, 4.69) is 12.2 Å². The average Bonchev–Trinajstić information content (AvgIpc) is 2.55. The molecule has 0 aliphatic rings. The molecule has 0 aliphatic carbocycles. The number of nitrogens with one attached hydrogen (secondary N) is 1. The fourth-order valence-corrected chi connectivity index (χ4v) is 2.40. The van der Waals surface area contributed by atoms with E-state index in [9.17, 15) is 9.59 Å². The minimum atomic E-state index is -0.375. The maximum absolute atomic E-state index is 11.7. The summed E-state index contributed by atoms with van der Waals surface area (Å²) in [6, 6.07) is 6.80. The van der Waals surface area contributed by atoms with Crippen molar-refractivity contribution in [1.82, 2.24) is 5.32 Å². The van der Waals surface area contributed by atoms with Crippen LogP contribution in [0.2, 0.25) is 0 Å². The fraction of sp³-hybridized carbons (Fsp3) is 0.444. The van der Waals surface area contributed by atoms with Crippen LogP contribution in [0.15, 0.2) is 33.5 Å². The number of hydrogen-bond acceptors (Lipinski definition) is 4. The van der Waals surface area contributed by atoms with Gasteiger partial charge in [-0.3, -0.25) is 4.79 Å². The van der Waals surface area contributed by atoms with Crippen molar-refractivity contribution in [1.29, 1.82) is 0 Å². The van der Waals surface area contributed by atoms with Gasteiger partial charge in [-0.1, -0.05) is 26.7 Å². The molecule has 1 amide bonds. The van der Waals surface area contributed by atoms with E-state index in [0.29, 0.717) is 17.9 Å². The Balaban J connectivity index is 1.98. The van der Waals surface area contributed by atoms with Gasteiger partial charge in [0.1, 0.15) is 11.3 Å². The van der Waals surface area contributed by atoms with Crippen LogP contribution >= 0.6 is 0 Å². The standard InChI is InChI=1S/C18H23NO4/c1-3-5-6-9-19-17(20)12-22-14-7-8-15-13(4-2)10-18(21)23-16(15)11-14/h7-8,10-11H,3-6,9,12H2,1-2H3,(H,19,20). The molecule has 1 N–H and O–H groups in total. The van der Waals surface area contributed by atoms with Crippen LogP contribution in [-0.4, -0.2) is 19.1 Å². The monoisotopic (exact) mass is 317 g/mol. The highest BCUT2D eigenvalue weighted by Crippen LogP contribution is 2.22. The van der Waals surface area contributed by atoms with Crippen LogP contribution in [0.3, 0.4) is 0 Å². The van der Waals surface area contributed by atoms with Crippen LogP contribution in [-0.2, 0) is 11.2 Å². The number of ether oxygens (including phenoxy) is 1. The molecule has 2 rings (SSSR count). The Morgan fingerprint density at radius 3 is 2.78 bits per heavy atom.